The zero-order chi connectivity index (χ0) is 16.1. The maximum absolute atomic E-state index is 12.5. The number of phenols is 1. The van der Waals surface area contributed by atoms with E-state index in [2.05, 4.69) is 5.32 Å². The normalized spacial score (nSPS) is 31.6. The van der Waals surface area contributed by atoms with Crippen LogP contribution in [0.3, 0.4) is 0 Å². The van der Waals surface area contributed by atoms with Crippen molar-refractivity contribution in [3.05, 3.63) is 24.3 Å². The molecule has 2 saturated carbocycles. The van der Waals surface area contributed by atoms with Gasteiger partial charge in [-0.2, -0.15) is 0 Å². The van der Waals surface area contributed by atoms with Gasteiger partial charge in [0.25, 0.3) is 0 Å². The van der Waals surface area contributed by atoms with Crippen LogP contribution in [0.4, 0.5) is 5.69 Å². The predicted molar refractivity (Wildman–Crippen MR) is 81.3 cm³/mol. The van der Waals surface area contributed by atoms with E-state index in [0.29, 0.717) is 11.8 Å². The fraction of sp³-hybridized carbons (Fsp3) is 0.471. The Morgan fingerprint density at radius 2 is 1.74 bits per heavy atom. The second-order valence-electron chi connectivity index (χ2n) is 6.71. The number of imide groups is 1. The first-order valence-corrected chi connectivity index (χ1v) is 7.99. The van der Waals surface area contributed by atoms with E-state index in [1.165, 1.54) is 6.07 Å². The summed E-state index contributed by atoms with van der Waals surface area (Å²) in [6.45, 7) is -0.279. The van der Waals surface area contributed by atoms with E-state index in [1.54, 1.807) is 18.2 Å². The molecule has 3 aliphatic rings. The number of anilines is 1. The number of likely N-dealkylation sites (tertiary alicyclic amines) is 1. The van der Waals surface area contributed by atoms with E-state index in [4.69, 9.17) is 0 Å². The van der Waals surface area contributed by atoms with Gasteiger partial charge in [0.2, 0.25) is 17.7 Å². The largest absolute Gasteiger partial charge is 0.506 e. The molecule has 1 aliphatic heterocycles. The van der Waals surface area contributed by atoms with Crippen molar-refractivity contribution in [1.29, 1.82) is 0 Å². The van der Waals surface area contributed by atoms with E-state index in [9.17, 15) is 19.5 Å². The molecule has 6 heteroatoms. The zero-order valence-electron chi connectivity index (χ0n) is 12.6. The van der Waals surface area contributed by atoms with Gasteiger partial charge >= 0.3 is 0 Å². The Labute approximate surface area is 133 Å². The summed E-state index contributed by atoms with van der Waals surface area (Å²) in [4.78, 5) is 38.3. The molecule has 3 amide bonds. The minimum Gasteiger partial charge on any atom is -0.506 e. The number of aromatic hydroxyl groups is 1. The third-order valence-electron chi connectivity index (χ3n) is 5.50. The van der Waals surface area contributed by atoms with Gasteiger partial charge in [0.1, 0.15) is 12.3 Å². The van der Waals surface area contributed by atoms with Crippen LogP contribution in [0.15, 0.2) is 24.3 Å². The standard InChI is InChI=1S/C17H18N2O4/c20-12-4-2-1-3-11(12)18-13(21)8-19-16(22)14-9-5-6-10(7-9)15(14)17(19)23/h1-4,9-10,14-15,20H,5-8H2,(H,18,21)/t9-,10-,14-,15+/m0/s1. The highest BCUT2D eigenvalue weighted by molar-refractivity contribution is 6.09. The lowest BCUT2D eigenvalue weighted by atomic mass is 9.81. The van der Waals surface area contributed by atoms with Crippen LogP contribution in [0.5, 0.6) is 5.75 Å². The number of hydrogen-bond donors (Lipinski definition) is 2. The van der Waals surface area contributed by atoms with E-state index in [0.717, 1.165) is 24.2 Å². The van der Waals surface area contributed by atoms with Gasteiger partial charge in [-0.25, -0.2) is 0 Å². The fourth-order valence-corrected chi connectivity index (χ4v) is 4.54. The number of benzene rings is 1. The van der Waals surface area contributed by atoms with Gasteiger partial charge in [0.15, 0.2) is 0 Å². The number of rotatable bonds is 3. The Kier molecular flexibility index (Phi) is 3.14. The van der Waals surface area contributed by atoms with Gasteiger partial charge in [-0.15, -0.1) is 0 Å². The maximum atomic E-state index is 12.5. The zero-order valence-corrected chi connectivity index (χ0v) is 12.6. The van der Waals surface area contributed by atoms with Crippen LogP contribution in [0.25, 0.3) is 0 Å². The molecular weight excluding hydrogens is 296 g/mol. The third kappa shape index (κ3) is 2.12. The topological polar surface area (TPSA) is 86.7 Å². The number of para-hydroxylation sites is 2. The van der Waals surface area contributed by atoms with Crippen molar-refractivity contribution < 1.29 is 19.5 Å². The molecule has 0 aromatic heterocycles. The van der Waals surface area contributed by atoms with Crippen LogP contribution < -0.4 is 5.32 Å². The minimum absolute atomic E-state index is 0.0464. The molecule has 0 unspecified atom stereocenters. The van der Waals surface area contributed by atoms with E-state index in [-0.39, 0.29) is 41.6 Å². The summed E-state index contributed by atoms with van der Waals surface area (Å²) in [6.07, 6.45) is 3.01. The smallest absolute Gasteiger partial charge is 0.244 e. The molecular formula is C17H18N2O4. The molecule has 120 valence electrons. The molecule has 2 N–H and O–H groups in total. The van der Waals surface area contributed by atoms with Gasteiger partial charge in [-0.3, -0.25) is 19.3 Å². The average Bonchev–Trinajstić information content (AvgIpc) is 3.19. The lowest BCUT2D eigenvalue weighted by molar-refractivity contribution is -0.143. The first-order valence-electron chi connectivity index (χ1n) is 7.99. The number of nitrogens with zero attached hydrogens (tertiary/aromatic N) is 1. The Morgan fingerprint density at radius 1 is 1.13 bits per heavy atom. The first kappa shape index (κ1) is 14.2. The maximum Gasteiger partial charge on any atom is 0.244 e. The summed E-state index contributed by atoms with van der Waals surface area (Å²) in [5.41, 5.74) is 0.275. The second kappa shape index (κ2) is 5.08. The number of phenolic OH excluding ortho intramolecular Hbond substituents is 1. The summed E-state index contributed by atoms with van der Waals surface area (Å²) in [5, 5.41) is 12.2. The number of hydrogen-bond acceptors (Lipinski definition) is 4. The van der Waals surface area contributed by atoms with Crippen molar-refractivity contribution in [3.63, 3.8) is 0 Å². The molecule has 4 rings (SSSR count). The van der Waals surface area contributed by atoms with Crippen LogP contribution in [0.2, 0.25) is 0 Å². The molecule has 23 heavy (non-hydrogen) atoms. The molecule has 1 heterocycles. The van der Waals surface area contributed by atoms with Crippen molar-refractivity contribution in [3.8, 4) is 5.75 Å². The van der Waals surface area contributed by atoms with E-state index >= 15 is 0 Å². The molecule has 0 spiro atoms. The summed E-state index contributed by atoms with van der Waals surface area (Å²) >= 11 is 0. The Balaban J connectivity index is 1.47. The van der Waals surface area contributed by atoms with Crippen LogP contribution in [-0.4, -0.2) is 34.3 Å². The Morgan fingerprint density at radius 3 is 2.35 bits per heavy atom. The molecule has 0 radical (unpaired) electrons. The third-order valence-corrected chi connectivity index (χ3v) is 5.50. The van der Waals surface area contributed by atoms with Gasteiger partial charge in [-0.05, 0) is 43.2 Å². The molecule has 6 nitrogen and oxygen atoms in total. The van der Waals surface area contributed by atoms with E-state index < -0.39 is 5.91 Å². The van der Waals surface area contributed by atoms with Crippen molar-refractivity contribution >= 4 is 23.4 Å². The van der Waals surface area contributed by atoms with Crippen LogP contribution in [0.1, 0.15) is 19.3 Å². The van der Waals surface area contributed by atoms with Crippen molar-refractivity contribution in [1.82, 2.24) is 4.90 Å². The summed E-state index contributed by atoms with van der Waals surface area (Å²) in [5.74, 6) is -0.701. The number of fused-ring (bicyclic) bond motifs is 5. The fourth-order valence-electron chi connectivity index (χ4n) is 4.54. The number of nitrogens with one attached hydrogen (secondary N) is 1. The summed E-state index contributed by atoms with van der Waals surface area (Å²) in [6, 6.07) is 6.36. The van der Waals surface area contributed by atoms with Gasteiger partial charge in [0, 0.05) is 0 Å². The molecule has 1 aromatic carbocycles. The monoisotopic (exact) mass is 314 g/mol. The van der Waals surface area contributed by atoms with Gasteiger partial charge in [0.05, 0.1) is 17.5 Å². The lowest BCUT2D eigenvalue weighted by Gasteiger charge is -2.19. The quantitative estimate of drug-likeness (QED) is 0.651. The van der Waals surface area contributed by atoms with Crippen LogP contribution >= 0.6 is 0 Å². The molecule has 1 aromatic rings. The van der Waals surface area contributed by atoms with E-state index in [1.807, 2.05) is 0 Å². The molecule has 3 fully saturated rings. The van der Waals surface area contributed by atoms with Crippen LogP contribution in [-0.2, 0) is 14.4 Å². The molecule has 1 saturated heterocycles. The Bertz CT molecular complexity index is 674. The molecule has 2 bridgehead atoms. The highest BCUT2D eigenvalue weighted by atomic mass is 16.3. The predicted octanol–water partition coefficient (Wildman–Crippen LogP) is 1.36. The highest BCUT2D eigenvalue weighted by Gasteiger charge is 2.60. The number of carbonyl (C=O) groups is 3. The molecule has 2 aliphatic carbocycles. The minimum atomic E-state index is -0.472. The SMILES string of the molecule is O=C(CN1C(=O)[C@@H]2[C@H]3CC[C@@H](C3)[C@@H]2C1=O)Nc1ccccc1O. The number of amides is 3. The lowest BCUT2D eigenvalue weighted by Crippen LogP contribution is -2.39. The highest BCUT2D eigenvalue weighted by Crippen LogP contribution is 2.56. The average molecular weight is 314 g/mol. The summed E-state index contributed by atoms with van der Waals surface area (Å²) in [7, 11) is 0. The first-order chi connectivity index (χ1) is 11.1. The molecule has 4 atom stereocenters. The van der Waals surface area contributed by atoms with Crippen LogP contribution in [0, 0.1) is 23.7 Å². The van der Waals surface area contributed by atoms with Gasteiger partial charge < -0.3 is 10.4 Å². The van der Waals surface area contributed by atoms with Crippen molar-refractivity contribution in [2.24, 2.45) is 23.7 Å². The summed E-state index contributed by atoms with van der Waals surface area (Å²) < 4.78 is 0. The van der Waals surface area contributed by atoms with Crippen molar-refractivity contribution in [2.45, 2.75) is 19.3 Å². The van der Waals surface area contributed by atoms with Crippen molar-refractivity contribution in [2.75, 3.05) is 11.9 Å². The second-order valence-corrected chi connectivity index (χ2v) is 6.71. The Hall–Kier alpha value is -2.37. The van der Waals surface area contributed by atoms with Gasteiger partial charge in [-0.1, -0.05) is 12.1 Å². The number of carbonyl (C=O) groups excluding carboxylic acids is 3.